The third kappa shape index (κ3) is 3.48. The third-order valence-corrected chi connectivity index (χ3v) is 4.44. The summed E-state index contributed by atoms with van der Waals surface area (Å²) in [5.41, 5.74) is -0.225. The lowest BCUT2D eigenvalue weighted by atomic mass is 10.0. The summed E-state index contributed by atoms with van der Waals surface area (Å²) in [7, 11) is 1.46. The molecule has 27 heavy (non-hydrogen) atoms. The Morgan fingerprint density at radius 3 is 2.67 bits per heavy atom. The molecule has 0 aliphatic heterocycles. The molecule has 0 bridgehead atoms. The Labute approximate surface area is 163 Å². The van der Waals surface area contributed by atoms with E-state index in [0.717, 1.165) is 0 Å². The summed E-state index contributed by atoms with van der Waals surface area (Å²) in [6, 6.07) is 14.3. The van der Waals surface area contributed by atoms with E-state index in [9.17, 15) is 20.0 Å². The fraction of sp³-hybridized carbons (Fsp3) is 0.0500. The Morgan fingerprint density at radius 2 is 1.96 bits per heavy atom. The number of ketones is 1. The van der Waals surface area contributed by atoms with Crippen LogP contribution in [0.25, 0.3) is 5.69 Å². The Kier molecular flexibility index (Phi) is 5.10. The van der Waals surface area contributed by atoms with Crippen molar-refractivity contribution < 1.29 is 14.6 Å². The SMILES string of the molecule is COc1ccccc1-n1cc(C(=O)c2cc(Br)ccc2O)cc(C#N)c1=O. The maximum atomic E-state index is 12.9. The molecule has 0 atom stereocenters. The van der Waals surface area contributed by atoms with Gasteiger partial charge in [0.25, 0.3) is 5.56 Å². The van der Waals surface area contributed by atoms with Gasteiger partial charge in [0.2, 0.25) is 0 Å². The zero-order chi connectivity index (χ0) is 19.6. The van der Waals surface area contributed by atoms with E-state index >= 15 is 0 Å². The molecule has 6 nitrogen and oxygen atoms in total. The van der Waals surface area contributed by atoms with Gasteiger partial charge in [0.05, 0.1) is 18.4 Å². The van der Waals surface area contributed by atoms with Crippen LogP contribution < -0.4 is 10.3 Å². The van der Waals surface area contributed by atoms with Gasteiger partial charge in [0, 0.05) is 16.2 Å². The molecule has 0 spiro atoms. The van der Waals surface area contributed by atoms with Gasteiger partial charge < -0.3 is 9.84 Å². The van der Waals surface area contributed by atoms with Crippen LogP contribution in [-0.4, -0.2) is 22.6 Å². The van der Waals surface area contributed by atoms with Gasteiger partial charge in [-0.15, -0.1) is 0 Å². The first kappa shape index (κ1) is 18.4. The van der Waals surface area contributed by atoms with Gasteiger partial charge in [-0.2, -0.15) is 5.26 Å². The molecule has 7 heteroatoms. The number of hydrogen-bond donors (Lipinski definition) is 1. The van der Waals surface area contributed by atoms with Crippen LogP contribution in [0.3, 0.4) is 0 Å². The lowest BCUT2D eigenvalue weighted by molar-refractivity contribution is 0.103. The molecule has 0 fully saturated rings. The highest BCUT2D eigenvalue weighted by Gasteiger charge is 2.19. The Morgan fingerprint density at radius 1 is 1.22 bits per heavy atom. The number of aromatic hydroxyl groups is 1. The lowest BCUT2D eigenvalue weighted by Gasteiger charge is -2.13. The highest BCUT2D eigenvalue weighted by Crippen LogP contribution is 2.26. The van der Waals surface area contributed by atoms with Crippen LogP contribution in [0, 0.1) is 11.3 Å². The number of rotatable bonds is 4. The van der Waals surface area contributed by atoms with Gasteiger partial charge in [-0.3, -0.25) is 14.2 Å². The van der Waals surface area contributed by atoms with Gasteiger partial charge in [0.15, 0.2) is 5.78 Å². The molecule has 0 saturated carbocycles. The van der Waals surface area contributed by atoms with Crippen molar-refractivity contribution in [3.8, 4) is 23.3 Å². The van der Waals surface area contributed by atoms with Crippen LogP contribution in [0.15, 0.2) is 64.0 Å². The zero-order valence-corrected chi connectivity index (χ0v) is 15.7. The molecule has 0 aliphatic rings. The van der Waals surface area contributed by atoms with E-state index in [4.69, 9.17) is 4.74 Å². The number of carbonyl (C=O) groups is 1. The minimum Gasteiger partial charge on any atom is -0.507 e. The van der Waals surface area contributed by atoms with Crippen molar-refractivity contribution in [3.05, 3.63) is 86.2 Å². The molecule has 3 aromatic rings. The normalized spacial score (nSPS) is 10.3. The number of benzene rings is 2. The number of para-hydroxylation sites is 2. The topological polar surface area (TPSA) is 92.3 Å². The summed E-state index contributed by atoms with van der Waals surface area (Å²) in [6.07, 6.45) is 1.34. The van der Waals surface area contributed by atoms with Crippen molar-refractivity contribution in [1.29, 1.82) is 5.26 Å². The summed E-state index contributed by atoms with van der Waals surface area (Å²) in [5.74, 6) is -0.302. The maximum absolute atomic E-state index is 12.9. The van der Waals surface area contributed by atoms with E-state index in [1.807, 2.05) is 6.07 Å². The molecule has 0 unspecified atom stereocenters. The van der Waals surface area contributed by atoms with E-state index in [-0.39, 0.29) is 22.4 Å². The first-order chi connectivity index (χ1) is 13.0. The predicted molar refractivity (Wildman–Crippen MR) is 103 cm³/mol. The predicted octanol–water partition coefficient (Wildman–Crippen LogP) is 3.42. The van der Waals surface area contributed by atoms with Gasteiger partial charge in [-0.25, -0.2) is 0 Å². The summed E-state index contributed by atoms with van der Waals surface area (Å²) in [4.78, 5) is 25.5. The molecule has 1 heterocycles. The summed E-state index contributed by atoms with van der Waals surface area (Å²) in [5, 5.41) is 19.4. The maximum Gasteiger partial charge on any atom is 0.273 e. The van der Waals surface area contributed by atoms with E-state index in [2.05, 4.69) is 15.9 Å². The molecule has 0 radical (unpaired) electrons. The number of phenolic OH excluding ortho intramolecular Hbond substituents is 1. The fourth-order valence-corrected chi connectivity index (χ4v) is 3.00. The van der Waals surface area contributed by atoms with Crippen LogP contribution >= 0.6 is 15.9 Å². The number of hydrogen-bond acceptors (Lipinski definition) is 5. The van der Waals surface area contributed by atoms with E-state index in [0.29, 0.717) is 15.9 Å². The molecule has 0 amide bonds. The monoisotopic (exact) mass is 424 g/mol. The molecular weight excluding hydrogens is 412 g/mol. The van der Waals surface area contributed by atoms with E-state index in [1.165, 1.54) is 36.1 Å². The van der Waals surface area contributed by atoms with Crippen molar-refractivity contribution >= 4 is 21.7 Å². The number of pyridine rings is 1. The van der Waals surface area contributed by atoms with Crippen LogP contribution in [0.5, 0.6) is 11.5 Å². The largest absolute Gasteiger partial charge is 0.507 e. The zero-order valence-electron chi connectivity index (χ0n) is 14.1. The number of carbonyl (C=O) groups excluding carboxylic acids is 1. The Bertz CT molecular complexity index is 1150. The standard InChI is InChI=1S/C20H13BrN2O4/c1-27-18-5-3-2-4-16(18)23-11-13(8-12(10-22)20(23)26)19(25)15-9-14(21)6-7-17(15)24/h2-9,11,24H,1H3. The number of phenols is 1. The minimum absolute atomic E-state index is 0.0542. The number of methoxy groups -OCH3 is 1. The van der Waals surface area contributed by atoms with E-state index in [1.54, 1.807) is 30.3 Å². The second-order valence-corrected chi connectivity index (χ2v) is 6.51. The lowest BCUT2D eigenvalue weighted by Crippen LogP contribution is -2.23. The van der Waals surface area contributed by atoms with Gasteiger partial charge >= 0.3 is 0 Å². The molecule has 1 N–H and O–H groups in total. The van der Waals surface area contributed by atoms with Crippen molar-refractivity contribution in [2.75, 3.05) is 7.11 Å². The number of nitrogens with zero attached hydrogens (tertiary/aromatic N) is 2. The molecule has 1 aromatic heterocycles. The van der Waals surface area contributed by atoms with Crippen molar-refractivity contribution in [3.63, 3.8) is 0 Å². The quantitative estimate of drug-likeness (QED) is 0.647. The fourth-order valence-electron chi connectivity index (χ4n) is 2.64. The molecule has 3 rings (SSSR count). The van der Waals surface area contributed by atoms with Crippen LogP contribution in [0.1, 0.15) is 21.5 Å². The highest BCUT2D eigenvalue weighted by molar-refractivity contribution is 9.10. The highest BCUT2D eigenvalue weighted by atomic mass is 79.9. The Hall–Kier alpha value is -3.37. The summed E-state index contributed by atoms with van der Waals surface area (Å²) < 4.78 is 7.08. The van der Waals surface area contributed by atoms with Gasteiger partial charge in [-0.1, -0.05) is 28.1 Å². The molecule has 0 aliphatic carbocycles. The number of nitriles is 1. The Balaban J connectivity index is 2.24. The van der Waals surface area contributed by atoms with Crippen molar-refractivity contribution in [2.24, 2.45) is 0 Å². The van der Waals surface area contributed by atoms with Crippen LogP contribution in [-0.2, 0) is 0 Å². The second-order valence-electron chi connectivity index (χ2n) is 5.59. The molecular formula is C20H13BrN2O4. The van der Waals surface area contributed by atoms with Gasteiger partial charge in [-0.05, 0) is 36.4 Å². The van der Waals surface area contributed by atoms with Crippen molar-refractivity contribution in [1.82, 2.24) is 4.57 Å². The molecule has 0 saturated heterocycles. The molecule has 2 aromatic carbocycles. The molecule has 134 valence electrons. The minimum atomic E-state index is -0.572. The number of ether oxygens (including phenoxy) is 1. The van der Waals surface area contributed by atoms with Gasteiger partial charge in [0.1, 0.15) is 23.1 Å². The summed E-state index contributed by atoms with van der Waals surface area (Å²) >= 11 is 3.26. The number of aromatic nitrogens is 1. The van der Waals surface area contributed by atoms with Crippen LogP contribution in [0.4, 0.5) is 0 Å². The van der Waals surface area contributed by atoms with Crippen molar-refractivity contribution in [2.45, 2.75) is 0 Å². The average Bonchev–Trinajstić information content (AvgIpc) is 2.69. The average molecular weight is 425 g/mol. The van der Waals surface area contributed by atoms with E-state index < -0.39 is 11.3 Å². The first-order valence-corrected chi connectivity index (χ1v) is 8.59. The first-order valence-electron chi connectivity index (χ1n) is 7.79. The smallest absolute Gasteiger partial charge is 0.273 e. The number of halogens is 1. The third-order valence-electron chi connectivity index (χ3n) is 3.95. The second kappa shape index (κ2) is 7.48. The summed E-state index contributed by atoms with van der Waals surface area (Å²) in [6.45, 7) is 0. The van der Waals surface area contributed by atoms with Crippen LogP contribution in [0.2, 0.25) is 0 Å².